The van der Waals surface area contributed by atoms with Gasteiger partial charge in [-0.05, 0) is 41.8 Å². The minimum absolute atomic E-state index is 0.139. The molecule has 0 bridgehead atoms. The second kappa shape index (κ2) is 11.4. The molecule has 1 amide bonds. The van der Waals surface area contributed by atoms with Crippen molar-refractivity contribution in [2.45, 2.75) is 18.4 Å². The zero-order valence-corrected chi connectivity index (χ0v) is 20.4. The Morgan fingerprint density at radius 3 is 2.40 bits per heavy atom. The van der Waals surface area contributed by atoms with Crippen LogP contribution in [0, 0.1) is 11.3 Å². The van der Waals surface area contributed by atoms with Crippen LogP contribution in [0.25, 0.3) is 22.4 Å². The fourth-order valence-electron chi connectivity index (χ4n) is 3.76. The first-order valence-corrected chi connectivity index (χ1v) is 12.3. The average molecular weight is 480 g/mol. The zero-order valence-electron chi connectivity index (χ0n) is 19.6. The molecule has 6 heteroatoms. The standard InChI is InChI=1S/C29H25N3O2S/c1-3-20-9-7-8-12-26(20)31-28(33)19-35-29-25(18-30)24(21-13-15-23(34-2)16-14-21)17-27(32-29)22-10-5-4-6-11-22/h4-17H,3,19H2,1-2H3,(H,31,33). The number of nitrogens with one attached hydrogen (secondary N) is 1. The number of hydrogen-bond acceptors (Lipinski definition) is 5. The van der Waals surface area contributed by atoms with Gasteiger partial charge in [-0.1, -0.05) is 79.3 Å². The lowest BCUT2D eigenvalue weighted by Gasteiger charge is -2.13. The summed E-state index contributed by atoms with van der Waals surface area (Å²) in [4.78, 5) is 17.6. The number of benzene rings is 3. The molecule has 0 aliphatic carbocycles. The number of pyridine rings is 1. The monoisotopic (exact) mass is 479 g/mol. The molecule has 0 aliphatic rings. The largest absolute Gasteiger partial charge is 0.497 e. The van der Waals surface area contributed by atoms with E-state index in [-0.39, 0.29) is 11.7 Å². The number of aromatic nitrogens is 1. The van der Waals surface area contributed by atoms with Crippen LogP contribution in [0.1, 0.15) is 18.1 Å². The predicted octanol–water partition coefficient (Wildman–Crippen LogP) is 6.59. The Hall–Kier alpha value is -4.08. The molecule has 4 rings (SSSR count). The normalized spacial score (nSPS) is 10.4. The van der Waals surface area contributed by atoms with Crippen molar-refractivity contribution in [3.63, 3.8) is 0 Å². The smallest absolute Gasteiger partial charge is 0.234 e. The molecule has 174 valence electrons. The van der Waals surface area contributed by atoms with E-state index in [4.69, 9.17) is 9.72 Å². The van der Waals surface area contributed by atoms with Gasteiger partial charge in [-0.25, -0.2) is 4.98 Å². The third-order valence-electron chi connectivity index (χ3n) is 5.58. The molecule has 0 saturated carbocycles. The van der Waals surface area contributed by atoms with Crippen LogP contribution in [0.3, 0.4) is 0 Å². The molecule has 0 fully saturated rings. The quantitative estimate of drug-likeness (QED) is 0.289. The first-order valence-electron chi connectivity index (χ1n) is 11.3. The summed E-state index contributed by atoms with van der Waals surface area (Å²) >= 11 is 1.27. The van der Waals surface area contributed by atoms with Crippen LogP contribution < -0.4 is 10.1 Å². The highest BCUT2D eigenvalue weighted by Gasteiger charge is 2.17. The van der Waals surface area contributed by atoms with Gasteiger partial charge in [0, 0.05) is 16.8 Å². The van der Waals surface area contributed by atoms with Crippen molar-refractivity contribution in [1.29, 1.82) is 5.26 Å². The summed E-state index contributed by atoms with van der Waals surface area (Å²) in [6, 6.07) is 29.4. The van der Waals surface area contributed by atoms with Crippen molar-refractivity contribution in [1.82, 2.24) is 4.98 Å². The van der Waals surface area contributed by atoms with Crippen LogP contribution >= 0.6 is 11.8 Å². The molecule has 0 aliphatic heterocycles. The van der Waals surface area contributed by atoms with Crippen LogP contribution in [0.4, 0.5) is 5.69 Å². The number of carbonyl (C=O) groups is 1. The number of para-hydroxylation sites is 1. The summed E-state index contributed by atoms with van der Waals surface area (Å²) in [5.41, 5.74) is 5.67. The van der Waals surface area contributed by atoms with E-state index in [2.05, 4.69) is 18.3 Å². The number of hydrogen-bond donors (Lipinski definition) is 1. The molecular formula is C29H25N3O2S. The van der Waals surface area contributed by atoms with E-state index >= 15 is 0 Å². The summed E-state index contributed by atoms with van der Waals surface area (Å²) in [5, 5.41) is 13.6. The maximum absolute atomic E-state index is 12.8. The van der Waals surface area contributed by atoms with E-state index in [9.17, 15) is 10.1 Å². The molecular weight excluding hydrogens is 454 g/mol. The van der Waals surface area contributed by atoms with Gasteiger partial charge in [0.05, 0.1) is 24.1 Å². The Balaban J connectivity index is 1.68. The molecule has 35 heavy (non-hydrogen) atoms. The zero-order chi connectivity index (χ0) is 24.6. The van der Waals surface area contributed by atoms with Gasteiger partial charge in [0.2, 0.25) is 5.91 Å². The third-order valence-corrected chi connectivity index (χ3v) is 6.56. The predicted molar refractivity (Wildman–Crippen MR) is 142 cm³/mol. The maximum atomic E-state index is 12.8. The van der Waals surface area contributed by atoms with Gasteiger partial charge in [-0.3, -0.25) is 4.79 Å². The van der Waals surface area contributed by atoms with Crippen LogP contribution in [-0.4, -0.2) is 23.8 Å². The fraction of sp³-hybridized carbons (Fsp3) is 0.138. The number of methoxy groups -OCH3 is 1. The Morgan fingerprint density at radius 1 is 1.00 bits per heavy atom. The number of rotatable bonds is 8. The second-order valence-electron chi connectivity index (χ2n) is 7.79. The number of ether oxygens (including phenoxy) is 1. The van der Waals surface area contributed by atoms with Gasteiger partial charge in [-0.15, -0.1) is 0 Å². The number of carbonyl (C=O) groups excluding carboxylic acids is 1. The molecule has 0 radical (unpaired) electrons. The van der Waals surface area contributed by atoms with Crippen molar-refractivity contribution in [2.24, 2.45) is 0 Å². The lowest BCUT2D eigenvalue weighted by molar-refractivity contribution is -0.113. The number of nitrogens with zero attached hydrogens (tertiary/aromatic N) is 2. The van der Waals surface area contributed by atoms with E-state index in [1.165, 1.54) is 11.8 Å². The molecule has 0 atom stereocenters. The number of amides is 1. The SMILES string of the molecule is CCc1ccccc1NC(=O)CSc1nc(-c2ccccc2)cc(-c2ccc(OC)cc2)c1C#N. The number of anilines is 1. The molecule has 3 aromatic carbocycles. The summed E-state index contributed by atoms with van der Waals surface area (Å²) in [7, 11) is 1.62. The Labute approximate surface area is 209 Å². The summed E-state index contributed by atoms with van der Waals surface area (Å²) in [5.74, 6) is 0.737. The van der Waals surface area contributed by atoms with Gasteiger partial charge in [0.25, 0.3) is 0 Å². The van der Waals surface area contributed by atoms with Gasteiger partial charge >= 0.3 is 0 Å². The van der Waals surface area contributed by atoms with Gasteiger partial charge in [0.15, 0.2) is 0 Å². The van der Waals surface area contributed by atoms with E-state index in [0.717, 1.165) is 45.8 Å². The lowest BCUT2D eigenvalue weighted by atomic mass is 9.99. The fourth-order valence-corrected chi connectivity index (χ4v) is 4.56. The number of nitriles is 1. The molecule has 0 unspecified atom stereocenters. The van der Waals surface area contributed by atoms with Gasteiger partial charge in [0.1, 0.15) is 16.8 Å². The highest BCUT2D eigenvalue weighted by molar-refractivity contribution is 8.00. The van der Waals surface area contributed by atoms with Crippen LogP contribution in [0.2, 0.25) is 0 Å². The Morgan fingerprint density at radius 2 is 1.71 bits per heavy atom. The Bertz CT molecular complexity index is 1360. The molecule has 4 aromatic rings. The minimum Gasteiger partial charge on any atom is -0.497 e. The third kappa shape index (κ3) is 5.71. The van der Waals surface area contributed by atoms with Crippen LogP contribution in [-0.2, 0) is 11.2 Å². The molecule has 1 aromatic heterocycles. The van der Waals surface area contributed by atoms with Crippen molar-refractivity contribution in [3.8, 4) is 34.2 Å². The van der Waals surface area contributed by atoms with Crippen LogP contribution in [0.15, 0.2) is 90.0 Å². The molecule has 1 heterocycles. The van der Waals surface area contributed by atoms with E-state index in [0.29, 0.717) is 10.6 Å². The summed E-state index contributed by atoms with van der Waals surface area (Å²) in [6.07, 6.45) is 0.827. The Kier molecular flexibility index (Phi) is 7.81. The molecule has 5 nitrogen and oxygen atoms in total. The highest BCUT2D eigenvalue weighted by Crippen LogP contribution is 2.35. The first kappa shape index (κ1) is 24.1. The maximum Gasteiger partial charge on any atom is 0.234 e. The van der Waals surface area contributed by atoms with Crippen LogP contribution in [0.5, 0.6) is 5.75 Å². The highest BCUT2D eigenvalue weighted by atomic mass is 32.2. The lowest BCUT2D eigenvalue weighted by Crippen LogP contribution is -2.15. The molecule has 1 N–H and O–H groups in total. The van der Waals surface area contributed by atoms with Crippen molar-refractivity contribution in [2.75, 3.05) is 18.2 Å². The van der Waals surface area contributed by atoms with E-state index < -0.39 is 0 Å². The minimum atomic E-state index is -0.141. The van der Waals surface area contributed by atoms with Gasteiger partial charge < -0.3 is 10.1 Å². The molecule has 0 saturated heterocycles. The number of aryl methyl sites for hydroxylation is 1. The second-order valence-corrected chi connectivity index (χ2v) is 8.75. The van der Waals surface area contributed by atoms with Crippen molar-refractivity contribution >= 4 is 23.4 Å². The topological polar surface area (TPSA) is 75.0 Å². The summed E-state index contributed by atoms with van der Waals surface area (Å²) in [6.45, 7) is 2.05. The molecule has 0 spiro atoms. The van der Waals surface area contributed by atoms with E-state index in [1.807, 2.05) is 84.9 Å². The van der Waals surface area contributed by atoms with E-state index in [1.54, 1.807) is 7.11 Å². The summed E-state index contributed by atoms with van der Waals surface area (Å²) < 4.78 is 5.28. The van der Waals surface area contributed by atoms with Crippen molar-refractivity contribution < 1.29 is 9.53 Å². The van der Waals surface area contributed by atoms with Crippen molar-refractivity contribution in [3.05, 3.63) is 96.1 Å². The van der Waals surface area contributed by atoms with Gasteiger partial charge in [-0.2, -0.15) is 5.26 Å². The average Bonchev–Trinajstić information content (AvgIpc) is 2.92. The number of thioether (sulfide) groups is 1. The first-order chi connectivity index (χ1) is 17.1.